The molecule has 0 saturated carbocycles. The molecule has 1 unspecified atom stereocenters. The molecule has 0 amide bonds. The molecule has 1 aliphatic carbocycles. The maximum absolute atomic E-state index is 5.69. The number of rotatable bonds is 6. The average molecular weight is 275 g/mol. The molecule has 0 heterocycles. The fraction of sp³-hybridized carbons (Fsp3) is 0.412. The fourth-order valence-corrected chi connectivity index (χ4v) is 1.94. The first-order valence-electron chi connectivity index (χ1n) is 7.16. The Bertz CT molecular complexity index is 405. The fourth-order valence-electron chi connectivity index (χ4n) is 1.94. The maximum atomic E-state index is 5.69. The molecule has 1 rings (SSSR count). The quantitative estimate of drug-likeness (QED) is 0.446. The molecule has 0 bridgehead atoms. The van der Waals surface area contributed by atoms with Crippen LogP contribution < -0.4 is 5.73 Å². The third-order valence-electron chi connectivity index (χ3n) is 2.92. The predicted molar refractivity (Wildman–Crippen MR) is 83.5 cm³/mol. The van der Waals surface area contributed by atoms with Crippen molar-refractivity contribution in [2.75, 3.05) is 0 Å². The van der Waals surface area contributed by atoms with E-state index in [-0.39, 0.29) is 6.10 Å². The number of nitrogens with two attached hydrogens (primary N) is 1. The van der Waals surface area contributed by atoms with Gasteiger partial charge in [0.05, 0.1) is 6.26 Å². The number of hydrogen-bond acceptors (Lipinski definition) is 3. The molecule has 1 aliphatic rings. The first-order valence-corrected chi connectivity index (χ1v) is 7.16. The van der Waals surface area contributed by atoms with Crippen LogP contribution in [0.4, 0.5) is 0 Å². The summed E-state index contributed by atoms with van der Waals surface area (Å²) in [6.07, 6.45) is 18.9. The van der Waals surface area contributed by atoms with E-state index in [1.165, 1.54) is 25.5 Å². The van der Waals surface area contributed by atoms with Crippen LogP contribution in [0, 0.1) is 0 Å². The number of ether oxygens (including phenoxy) is 2. The van der Waals surface area contributed by atoms with E-state index in [0.717, 1.165) is 12.8 Å². The van der Waals surface area contributed by atoms with Gasteiger partial charge in [-0.15, -0.1) is 0 Å². The summed E-state index contributed by atoms with van der Waals surface area (Å²) in [6.45, 7) is 5.68. The first kappa shape index (κ1) is 16.2. The smallest absolute Gasteiger partial charge is 0.277 e. The molecule has 0 fully saturated rings. The normalized spacial score (nSPS) is 22.4. The molecule has 0 aliphatic heterocycles. The summed E-state index contributed by atoms with van der Waals surface area (Å²) in [5.41, 5.74) is 6.36. The second-order valence-corrected chi connectivity index (χ2v) is 4.71. The Balaban J connectivity index is 2.33. The van der Waals surface area contributed by atoms with Crippen LogP contribution in [-0.2, 0) is 9.47 Å². The van der Waals surface area contributed by atoms with Gasteiger partial charge in [-0.25, -0.2) is 0 Å². The molecule has 0 saturated heterocycles. The van der Waals surface area contributed by atoms with Gasteiger partial charge in [-0.05, 0) is 63.5 Å². The minimum absolute atomic E-state index is 0.0693. The molecule has 0 radical (unpaired) electrons. The van der Waals surface area contributed by atoms with Gasteiger partial charge in [0.1, 0.15) is 6.10 Å². The van der Waals surface area contributed by atoms with Crippen molar-refractivity contribution in [3.05, 3.63) is 60.9 Å². The van der Waals surface area contributed by atoms with E-state index in [1.807, 2.05) is 19.1 Å². The summed E-state index contributed by atoms with van der Waals surface area (Å²) in [6, 6.07) is 0. The molecule has 0 aromatic heterocycles. The van der Waals surface area contributed by atoms with Crippen molar-refractivity contribution in [3.63, 3.8) is 0 Å². The lowest BCUT2D eigenvalue weighted by molar-refractivity contribution is 0.0441. The topological polar surface area (TPSA) is 44.5 Å². The summed E-state index contributed by atoms with van der Waals surface area (Å²) < 4.78 is 11.0. The van der Waals surface area contributed by atoms with Crippen LogP contribution in [-0.4, -0.2) is 6.10 Å². The van der Waals surface area contributed by atoms with Gasteiger partial charge in [-0.3, -0.25) is 0 Å². The SMILES string of the molecule is C=C(O/C=C/C=C(N)\C=C/C)OC1/C=C/CCCCC1. The van der Waals surface area contributed by atoms with Gasteiger partial charge in [0, 0.05) is 5.70 Å². The summed E-state index contributed by atoms with van der Waals surface area (Å²) in [7, 11) is 0. The van der Waals surface area contributed by atoms with Crippen LogP contribution >= 0.6 is 0 Å². The van der Waals surface area contributed by atoms with E-state index in [9.17, 15) is 0 Å². The Labute approximate surface area is 122 Å². The zero-order valence-corrected chi connectivity index (χ0v) is 12.3. The molecule has 0 aromatic rings. The Morgan fingerprint density at radius 3 is 3.00 bits per heavy atom. The predicted octanol–water partition coefficient (Wildman–Crippen LogP) is 4.31. The van der Waals surface area contributed by atoms with Gasteiger partial charge in [0.15, 0.2) is 0 Å². The third kappa shape index (κ3) is 7.52. The van der Waals surface area contributed by atoms with Crippen molar-refractivity contribution in [3.8, 4) is 0 Å². The molecule has 2 N–H and O–H groups in total. The third-order valence-corrected chi connectivity index (χ3v) is 2.92. The molecular weight excluding hydrogens is 250 g/mol. The molecule has 1 atom stereocenters. The monoisotopic (exact) mass is 275 g/mol. The number of allylic oxidation sites excluding steroid dienone is 5. The molecule has 0 aromatic carbocycles. The highest BCUT2D eigenvalue weighted by Gasteiger charge is 2.09. The van der Waals surface area contributed by atoms with E-state index in [0.29, 0.717) is 11.6 Å². The molecule has 3 heteroatoms. The van der Waals surface area contributed by atoms with Gasteiger partial charge in [0.25, 0.3) is 5.95 Å². The van der Waals surface area contributed by atoms with Crippen LogP contribution in [0.1, 0.15) is 39.0 Å². The van der Waals surface area contributed by atoms with E-state index >= 15 is 0 Å². The molecule has 0 spiro atoms. The molecule has 20 heavy (non-hydrogen) atoms. The second-order valence-electron chi connectivity index (χ2n) is 4.71. The van der Waals surface area contributed by atoms with Gasteiger partial charge in [-0.1, -0.05) is 18.6 Å². The molecule has 3 nitrogen and oxygen atoms in total. The summed E-state index contributed by atoms with van der Waals surface area (Å²) >= 11 is 0. The Kier molecular flexibility index (Phi) is 8.04. The lowest BCUT2D eigenvalue weighted by Gasteiger charge is -2.17. The average Bonchev–Trinajstić information content (AvgIpc) is 2.38. The van der Waals surface area contributed by atoms with Gasteiger partial charge >= 0.3 is 0 Å². The zero-order chi connectivity index (χ0) is 14.6. The van der Waals surface area contributed by atoms with Crippen molar-refractivity contribution in [1.29, 1.82) is 0 Å². The lowest BCUT2D eigenvalue weighted by Crippen LogP contribution is -2.11. The summed E-state index contributed by atoms with van der Waals surface area (Å²) in [4.78, 5) is 0. The minimum atomic E-state index is 0.0693. The van der Waals surface area contributed by atoms with Crippen molar-refractivity contribution in [2.24, 2.45) is 5.73 Å². The highest BCUT2D eigenvalue weighted by atomic mass is 16.7. The standard InChI is InChI=1S/C17H25NO2/c1-3-10-16(18)11-9-14-19-15(2)20-17-12-7-5-4-6-8-13-17/h3,7,9-12,14,17H,2,4-6,8,13,18H2,1H3/b10-3-,12-7+,14-9+,16-11+. The molecule has 110 valence electrons. The van der Waals surface area contributed by atoms with Crippen molar-refractivity contribution in [2.45, 2.75) is 45.1 Å². The Morgan fingerprint density at radius 2 is 2.20 bits per heavy atom. The van der Waals surface area contributed by atoms with Crippen LogP contribution in [0.2, 0.25) is 0 Å². The van der Waals surface area contributed by atoms with Gasteiger partial charge in [-0.2, -0.15) is 0 Å². The van der Waals surface area contributed by atoms with Gasteiger partial charge < -0.3 is 15.2 Å². The largest absolute Gasteiger partial charge is 0.458 e. The van der Waals surface area contributed by atoms with Crippen LogP contribution in [0.25, 0.3) is 0 Å². The van der Waals surface area contributed by atoms with Crippen LogP contribution in [0.5, 0.6) is 0 Å². The van der Waals surface area contributed by atoms with Crippen molar-refractivity contribution < 1.29 is 9.47 Å². The second kappa shape index (κ2) is 9.96. The van der Waals surface area contributed by atoms with Gasteiger partial charge in [0.2, 0.25) is 0 Å². The highest BCUT2D eigenvalue weighted by molar-refractivity contribution is 5.19. The van der Waals surface area contributed by atoms with Crippen molar-refractivity contribution in [1.82, 2.24) is 0 Å². The summed E-state index contributed by atoms with van der Waals surface area (Å²) in [5.74, 6) is 0.314. The van der Waals surface area contributed by atoms with Crippen molar-refractivity contribution >= 4 is 0 Å². The van der Waals surface area contributed by atoms with Crippen LogP contribution in [0.3, 0.4) is 0 Å². The lowest BCUT2D eigenvalue weighted by atomic mass is 10.0. The van der Waals surface area contributed by atoms with E-state index < -0.39 is 0 Å². The minimum Gasteiger partial charge on any atom is -0.458 e. The van der Waals surface area contributed by atoms with E-state index in [2.05, 4.69) is 18.7 Å². The Morgan fingerprint density at radius 1 is 1.35 bits per heavy atom. The van der Waals surface area contributed by atoms with E-state index in [4.69, 9.17) is 15.2 Å². The van der Waals surface area contributed by atoms with E-state index in [1.54, 1.807) is 12.2 Å². The number of hydrogen-bond donors (Lipinski definition) is 1. The molecular formula is C17H25NO2. The first-order chi connectivity index (χ1) is 9.72. The highest BCUT2D eigenvalue weighted by Crippen LogP contribution is 2.16. The summed E-state index contributed by atoms with van der Waals surface area (Å²) in [5, 5.41) is 0. The maximum Gasteiger partial charge on any atom is 0.277 e. The van der Waals surface area contributed by atoms with Crippen LogP contribution in [0.15, 0.2) is 60.9 Å². The Hall–Kier alpha value is -1.90. The zero-order valence-electron chi connectivity index (χ0n) is 12.3.